The Morgan fingerprint density at radius 2 is 2.10 bits per heavy atom. The molecule has 3 rings (SSSR count). The highest BCUT2D eigenvalue weighted by atomic mass is 14.9. The molecule has 2 unspecified atom stereocenters. The first-order valence-electron chi connectivity index (χ1n) is 7.66. The molecular weight excluding hydrogens is 246 g/mol. The number of piperidine rings is 1. The van der Waals surface area contributed by atoms with E-state index < -0.39 is 0 Å². The Morgan fingerprint density at radius 3 is 2.95 bits per heavy atom. The quantitative estimate of drug-likeness (QED) is 0.928. The Bertz CT molecular complexity index is 574. The third kappa shape index (κ3) is 2.68. The zero-order valence-corrected chi connectivity index (χ0v) is 12.3. The second kappa shape index (κ2) is 5.88. The van der Waals surface area contributed by atoms with Crippen LogP contribution in [0, 0.1) is 11.8 Å². The van der Waals surface area contributed by atoms with Gasteiger partial charge in [-0.2, -0.15) is 0 Å². The second-order valence-electron chi connectivity index (χ2n) is 6.26. The van der Waals surface area contributed by atoms with Gasteiger partial charge in [0, 0.05) is 11.3 Å². The van der Waals surface area contributed by atoms with Crippen molar-refractivity contribution in [1.29, 1.82) is 0 Å². The van der Waals surface area contributed by atoms with Gasteiger partial charge in [0.2, 0.25) is 0 Å². The lowest BCUT2D eigenvalue weighted by Crippen LogP contribution is -2.36. The van der Waals surface area contributed by atoms with E-state index >= 15 is 0 Å². The Morgan fingerprint density at radius 1 is 1.25 bits per heavy atom. The van der Waals surface area contributed by atoms with Gasteiger partial charge in [-0.05, 0) is 43.8 Å². The van der Waals surface area contributed by atoms with Gasteiger partial charge in [-0.25, -0.2) is 9.97 Å². The first-order valence-corrected chi connectivity index (χ1v) is 7.66. The van der Waals surface area contributed by atoms with Crippen molar-refractivity contribution in [3.05, 3.63) is 36.3 Å². The average molecular weight is 269 g/mol. The van der Waals surface area contributed by atoms with Crippen LogP contribution in [-0.4, -0.2) is 23.1 Å². The Hall–Kier alpha value is -1.48. The molecule has 1 fully saturated rings. The van der Waals surface area contributed by atoms with Crippen molar-refractivity contribution < 1.29 is 0 Å². The zero-order chi connectivity index (χ0) is 13.9. The van der Waals surface area contributed by atoms with Gasteiger partial charge in [-0.1, -0.05) is 32.0 Å². The summed E-state index contributed by atoms with van der Waals surface area (Å²) < 4.78 is 0. The predicted molar refractivity (Wildman–Crippen MR) is 82.7 cm³/mol. The topological polar surface area (TPSA) is 37.8 Å². The van der Waals surface area contributed by atoms with Gasteiger partial charge >= 0.3 is 0 Å². The van der Waals surface area contributed by atoms with Crippen LogP contribution >= 0.6 is 0 Å². The SMILES string of the molecule is CC(C)CC1CNCCC1c1ncnc2ccccc12. The lowest BCUT2D eigenvalue weighted by atomic mass is 9.78. The van der Waals surface area contributed by atoms with Gasteiger partial charge in [-0.15, -0.1) is 0 Å². The normalized spacial score (nSPS) is 23.4. The number of rotatable bonds is 3. The standard InChI is InChI=1S/C17H23N3/c1-12(2)9-13-10-18-8-7-14(13)17-15-5-3-4-6-16(15)19-11-20-17/h3-6,11-14,18H,7-10H2,1-2H3. The van der Waals surface area contributed by atoms with Crippen molar-refractivity contribution >= 4 is 10.9 Å². The summed E-state index contributed by atoms with van der Waals surface area (Å²) in [6, 6.07) is 8.39. The molecule has 2 heterocycles. The molecule has 106 valence electrons. The van der Waals surface area contributed by atoms with E-state index in [9.17, 15) is 0 Å². The van der Waals surface area contributed by atoms with Crippen LogP contribution in [-0.2, 0) is 0 Å². The van der Waals surface area contributed by atoms with E-state index in [0.717, 1.165) is 24.5 Å². The minimum absolute atomic E-state index is 0.562. The van der Waals surface area contributed by atoms with Crippen molar-refractivity contribution in [3.8, 4) is 0 Å². The molecule has 20 heavy (non-hydrogen) atoms. The molecule has 1 aliphatic heterocycles. The molecule has 1 aromatic carbocycles. The van der Waals surface area contributed by atoms with E-state index in [2.05, 4.69) is 47.3 Å². The number of hydrogen-bond acceptors (Lipinski definition) is 3. The number of nitrogens with zero attached hydrogens (tertiary/aromatic N) is 2. The van der Waals surface area contributed by atoms with Gasteiger partial charge in [0.15, 0.2) is 0 Å². The zero-order valence-electron chi connectivity index (χ0n) is 12.3. The number of nitrogens with one attached hydrogen (secondary N) is 1. The van der Waals surface area contributed by atoms with Gasteiger partial charge in [-0.3, -0.25) is 0 Å². The summed E-state index contributed by atoms with van der Waals surface area (Å²) in [7, 11) is 0. The van der Waals surface area contributed by atoms with Crippen molar-refractivity contribution in [3.63, 3.8) is 0 Å². The van der Waals surface area contributed by atoms with Gasteiger partial charge < -0.3 is 5.32 Å². The minimum Gasteiger partial charge on any atom is -0.316 e. The Kier molecular flexibility index (Phi) is 3.97. The summed E-state index contributed by atoms with van der Waals surface area (Å²) in [6.45, 7) is 6.83. The van der Waals surface area contributed by atoms with E-state index in [4.69, 9.17) is 0 Å². The minimum atomic E-state index is 0.562. The number of benzene rings is 1. The molecule has 3 nitrogen and oxygen atoms in total. The first-order chi connectivity index (χ1) is 9.75. The van der Waals surface area contributed by atoms with Crippen LogP contribution in [0.4, 0.5) is 0 Å². The van der Waals surface area contributed by atoms with E-state index in [-0.39, 0.29) is 0 Å². The van der Waals surface area contributed by atoms with Crippen molar-refractivity contribution in [2.24, 2.45) is 11.8 Å². The molecule has 0 aliphatic carbocycles. The maximum atomic E-state index is 4.65. The third-order valence-electron chi connectivity index (χ3n) is 4.31. The molecule has 2 aromatic rings. The van der Waals surface area contributed by atoms with Crippen LogP contribution in [0.25, 0.3) is 10.9 Å². The van der Waals surface area contributed by atoms with Crippen molar-refractivity contribution in [2.45, 2.75) is 32.6 Å². The smallest absolute Gasteiger partial charge is 0.116 e. The number of aromatic nitrogens is 2. The first kappa shape index (κ1) is 13.5. The van der Waals surface area contributed by atoms with E-state index in [1.807, 2.05) is 6.07 Å². The summed E-state index contributed by atoms with van der Waals surface area (Å²) in [5.74, 6) is 1.98. The summed E-state index contributed by atoms with van der Waals surface area (Å²) in [4.78, 5) is 9.05. The molecule has 1 aliphatic rings. The van der Waals surface area contributed by atoms with Gasteiger partial charge in [0.05, 0.1) is 11.2 Å². The summed E-state index contributed by atoms with van der Waals surface area (Å²) in [6.07, 6.45) is 4.17. The maximum absolute atomic E-state index is 4.65. The second-order valence-corrected chi connectivity index (χ2v) is 6.26. The van der Waals surface area contributed by atoms with Gasteiger partial charge in [0.25, 0.3) is 0 Å². The highest BCUT2D eigenvalue weighted by Gasteiger charge is 2.29. The summed E-state index contributed by atoms with van der Waals surface area (Å²) >= 11 is 0. The Balaban J connectivity index is 1.99. The van der Waals surface area contributed by atoms with Crippen LogP contribution in [0.5, 0.6) is 0 Å². The lowest BCUT2D eigenvalue weighted by Gasteiger charge is -2.33. The molecule has 3 heteroatoms. The molecule has 0 bridgehead atoms. The number of hydrogen-bond donors (Lipinski definition) is 1. The fourth-order valence-corrected chi connectivity index (χ4v) is 3.46. The summed E-state index contributed by atoms with van der Waals surface area (Å²) in [5, 5.41) is 4.78. The van der Waals surface area contributed by atoms with Crippen LogP contribution < -0.4 is 5.32 Å². The molecule has 1 aromatic heterocycles. The van der Waals surface area contributed by atoms with E-state index in [1.54, 1.807) is 6.33 Å². The van der Waals surface area contributed by atoms with Crippen LogP contribution in [0.3, 0.4) is 0 Å². The largest absolute Gasteiger partial charge is 0.316 e. The maximum Gasteiger partial charge on any atom is 0.116 e. The van der Waals surface area contributed by atoms with Crippen LogP contribution in [0.2, 0.25) is 0 Å². The highest BCUT2D eigenvalue weighted by Crippen LogP contribution is 2.35. The predicted octanol–water partition coefficient (Wildman–Crippen LogP) is 3.37. The Labute approximate surface area is 120 Å². The van der Waals surface area contributed by atoms with E-state index in [1.165, 1.54) is 23.9 Å². The molecule has 0 saturated carbocycles. The number of fused-ring (bicyclic) bond motifs is 1. The number of para-hydroxylation sites is 1. The monoisotopic (exact) mass is 269 g/mol. The molecular formula is C17H23N3. The third-order valence-corrected chi connectivity index (χ3v) is 4.31. The molecule has 1 N–H and O–H groups in total. The average Bonchev–Trinajstić information content (AvgIpc) is 2.47. The molecule has 0 amide bonds. The fourth-order valence-electron chi connectivity index (χ4n) is 3.46. The molecule has 1 saturated heterocycles. The molecule has 2 atom stereocenters. The summed E-state index contributed by atoms with van der Waals surface area (Å²) in [5.41, 5.74) is 2.32. The van der Waals surface area contributed by atoms with Crippen molar-refractivity contribution in [2.75, 3.05) is 13.1 Å². The van der Waals surface area contributed by atoms with Crippen LogP contribution in [0.15, 0.2) is 30.6 Å². The lowest BCUT2D eigenvalue weighted by molar-refractivity contribution is 0.277. The van der Waals surface area contributed by atoms with E-state index in [0.29, 0.717) is 11.8 Å². The fraction of sp³-hybridized carbons (Fsp3) is 0.529. The van der Waals surface area contributed by atoms with Gasteiger partial charge in [0.1, 0.15) is 6.33 Å². The molecule has 0 spiro atoms. The van der Waals surface area contributed by atoms with Crippen molar-refractivity contribution in [1.82, 2.24) is 15.3 Å². The van der Waals surface area contributed by atoms with Crippen LogP contribution in [0.1, 0.15) is 38.3 Å². The highest BCUT2D eigenvalue weighted by molar-refractivity contribution is 5.81. The molecule has 0 radical (unpaired) electrons.